The zero-order valence-electron chi connectivity index (χ0n) is 15.0. The molecule has 128 valence electrons. The van der Waals surface area contributed by atoms with Gasteiger partial charge in [-0.25, -0.2) is 0 Å². The van der Waals surface area contributed by atoms with Crippen LogP contribution >= 0.6 is 0 Å². The maximum atomic E-state index is 4.80. The molecular formula is C23H21N3. The van der Waals surface area contributed by atoms with Gasteiger partial charge in [0.25, 0.3) is 0 Å². The highest BCUT2D eigenvalue weighted by Gasteiger charge is 2.11. The Bertz CT molecular complexity index is 1040. The summed E-state index contributed by atoms with van der Waals surface area (Å²) in [5, 5.41) is 5.90. The van der Waals surface area contributed by atoms with Gasteiger partial charge in [0, 0.05) is 29.6 Å². The predicted molar refractivity (Wildman–Crippen MR) is 109 cm³/mol. The average molecular weight is 339 g/mol. The van der Waals surface area contributed by atoms with Crippen molar-refractivity contribution in [1.29, 1.82) is 0 Å². The molecule has 0 aliphatic rings. The van der Waals surface area contributed by atoms with Crippen LogP contribution in [0.4, 0.5) is 5.69 Å². The number of anilines is 1. The van der Waals surface area contributed by atoms with E-state index in [1.165, 1.54) is 10.8 Å². The van der Waals surface area contributed by atoms with E-state index in [-0.39, 0.29) is 0 Å². The Morgan fingerprint density at radius 1 is 0.808 bits per heavy atom. The molecule has 2 aromatic carbocycles. The van der Waals surface area contributed by atoms with Crippen molar-refractivity contribution in [2.45, 2.75) is 19.9 Å². The monoisotopic (exact) mass is 339 g/mol. The third kappa shape index (κ3) is 3.29. The molecular weight excluding hydrogens is 318 g/mol. The van der Waals surface area contributed by atoms with Gasteiger partial charge in [0.1, 0.15) is 0 Å². The van der Waals surface area contributed by atoms with E-state index in [1.54, 1.807) is 0 Å². The Hall–Kier alpha value is -3.20. The quantitative estimate of drug-likeness (QED) is 0.512. The minimum Gasteiger partial charge on any atom is -0.382 e. The molecule has 0 amide bonds. The van der Waals surface area contributed by atoms with Gasteiger partial charge in [0.2, 0.25) is 0 Å². The number of fused-ring (bicyclic) bond motifs is 1. The first-order chi connectivity index (χ1) is 12.7. The topological polar surface area (TPSA) is 37.8 Å². The minimum atomic E-state index is 0.355. The lowest BCUT2D eigenvalue weighted by Crippen LogP contribution is -2.10. The second-order valence-corrected chi connectivity index (χ2v) is 6.72. The highest BCUT2D eigenvalue weighted by Crippen LogP contribution is 2.33. The molecule has 0 aliphatic carbocycles. The maximum absolute atomic E-state index is 4.80. The fourth-order valence-corrected chi connectivity index (χ4v) is 3.20. The fourth-order valence-electron chi connectivity index (χ4n) is 3.20. The molecule has 3 heteroatoms. The highest BCUT2D eigenvalue weighted by molar-refractivity contribution is 5.90. The van der Waals surface area contributed by atoms with Crippen molar-refractivity contribution in [3.8, 4) is 22.4 Å². The van der Waals surface area contributed by atoms with Crippen LogP contribution in [0.5, 0.6) is 0 Å². The van der Waals surface area contributed by atoms with Crippen LogP contribution in [0.15, 0.2) is 79.3 Å². The molecule has 26 heavy (non-hydrogen) atoms. The third-order valence-electron chi connectivity index (χ3n) is 4.36. The van der Waals surface area contributed by atoms with Crippen LogP contribution in [-0.4, -0.2) is 16.0 Å². The van der Waals surface area contributed by atoms with E-state index in [2.05, 4.69) is 72.7 Å². The number of benzene rings is 2. The first kappa shape index (κ1) is 16.3. The van der Waals surface area contributed by atoms with E-state index in [9.17, 15) is 0 Å². The Balaban J connectivity index is 1.88. The second-order valence-electron chi connectivity index (χ2n) is 6.72. The van der Waals surface area contributed by atoms with Crippen LogP contribution in [-0.2, 0) is 0 Å². The standard InChI is InChI=1S/C23H21N3/c1-16(2)26-21-14-22(18-9-11-24-12-10-18)23(25-15-21)20-8-7-17-5-3-4-6-19(17)13-20/h3-16,26H,1-2H3. The van der Waals surface area contributed by atoms with Crippen LogP contribution in [0.25, 0.3) is 33.2 Å². The Labute approximate surface area is 153 Å². The molecule has 0 bridgehead atoms. The molecule has 0 saturated heterocycles. The van der Waals surface area contributed by atoms with E-state index in [0.717, 1.165) is 28.1 Å². The van der Waals surface area contributed by atoms with Crippen molar-refractivity contribution < 1.29 is 0 Å². The summed E-state index contributed by atoms with van der Waals surface area (Å²) >= 11 is 0. The summed E-state index contributed by atoms with van der Waals surface area (Å²) in [5.41, 5.74) is 5.34. The highest BCUT2D eigenvalue weighted by atomic mass is 14.9. The van der Waals surface area contributed by atoms with Crippen LogP contribution in [0.3, 0.4) is 0 Å². The lowest BCUT2D eigenvalue weighted by atomic mass is 9.97. The number of nitrogens with zero attached hydrogens (tertiary/aromatic N) is 2. The maximum Gasteiger partial charge on any atom is 0.0782 e. The summed E-state index contributed by atoms with van der Waals surface area (Å²) < 4.78 is 0. The van der Waals surface area contributed by atoms with E-state index < -0.39 is 0 Å². The molecule has 4 aromatic rings. The van der Waals surface area contributed by atoms with Crippen LogP contribution in [0.1, 0.15) is 13.8 Å². The number of aromatic nitrogens is 2. The summed E-state index contributed by atoms with van der Waals surface area (Å²) in [6, 6.07) is 21.5. The predicted octanol–water partition coefficient (Wildman–Crippen LogP) is 5.78. The SMILES string of the molecule is CC(C)Nc1cnc(-c2ccc3ccccc3c2)c(-c2ccncc2)c1. The van der Waals surface area contributed by atoms with E-state index in [4.69, 9.17) is 4.98 Å². The van der Waals surface area contributed by atoms with Crippen molar-refractivity contribution in [3.05, 3.63) is 79.3 Å². The Kier molecular flexibility index (Phi) is 4.36. The number of rotatable bonds is 4. The fraction of sp³-hybridized carbons (Fsp3) is 0.130. The van der Waals surface area contributed by atoms with Crippen LogP contribution in [0, 0.1) is 0 Å². The number of pyridine rings is 2. The lowest BCUT2D eigenvalue weighted by Gasteiger charge is -2.15. The molecule has 0 unspecified atom stereocenters. The molecule has 1 N–H and O–H groups in total. The summed E-state index contributed by atoms with van der Waals surface area (Å²) in [6.45, 7) is 4.26. The van der Waals surface area contributed by atoms with E-state index >= 15 is 0 Å². The van der Waals surface area contributed by atoms with E-state index in [0.29, 0.717) is 6.04 Å². The Morgan fingerprint density at radius 2 is 1.58 bits per heavy atom. The summed E-state index contributed by atoms with van der Waals surface area (Å²) in [6.07, 6.45) is 5.55. The van der Waals surface area contributed by atoms with Crippen molar-refractivity contribution in [2.75, 3.05) is 5.32 Å². The lowest BCUT2D eigenvalue weighted by molar-refractivity contribution is 0.898. The smallest absolute Gasteiger partial charge is 0.0782 e. The van der Waals surface area contributed by atoms with Gasteiger partial charge in [0.05, 0.1) is 17.6 Å². The van der Waals surface area contributed by atoms with Gasteiger partial charge in [-0.2, -0.15) is 0 Å². The van der Waals surface area contributed by atoms with Gasteiger partial charge in [-0.15, -0.1) is 0 Å². The zero-order chi connectivity index (χ0) is 17.9. The van der Waals surface area contributed by atoms with Gasteiger partial charge in [-0.05, 0) is 54.4 Å². The van der Waals surface area contributed by atoms with Gasteiger partial charge in [-0.3, -0.25) is 9.97 Å². The first-order valence-electron chi connectivity index (χ1n) is 8.87. The molecule has 0 radical (unpaired) electrons. The normalized spacial score (nSPS) is 11.0. The summed E-state index contributed by atoms with van der Waals surface area (Å²) in [5.74, 6) is 0. The minimum absolute atomic E-state index is 0.355. The Morgan fingerprint density at radius 3 is 2.35 bits per heavy atom. The van der Waals surface area contributed by atoms with Gasteiger partial charge >= 0.3 is 0 Å². The van der Waals surface area contributed by atoms with Crippen molar-refractivity contribution >= 4 is 16.5 Å². The second kappa shape index (κ2) is 6.96. The molecule has 0 aliphatic heterocycles. The van der Waals surface area contributed by atoms with Gasteiger partial charge < -0.3 is 5.32 Å². The number of nitrogens with one attached hydrogen (secondary N) is 1. The molecule has 3 nitrogen and oxygen atoms in total. The van der Waals surface area contributed by atoms with E-state index in [1.807, 2.05) is 30.7 Å². The van der Waals surface area contributed by atoms with Gasteiger partial charge in [-0.1, -0.05) is 36.4 Å². The van der Waals surface area contributed by atoms with Crippen LogP contribution in [0.2, 0.25) is 0 Å². The average Bonchev–Trinajstić information content (AvgIpc) is 2.68. The van der Waals surface area contributed by atoms with Gasteiger partial charge in [0.15, 0.2) is 0 Å². The summed E-state index contributed by atoms with van der Waals surface area (Å²) in [7, 11) is 0. The molecule has 2 heterocycles. The number of hydrogen-bond donors (Lipinski definition) is 1. The molecule has 0 atom stereocenters. The summed E-state index contributed by atoms with van der Waals surface area (Å²) in [4.78, 5) is 8.95. The van der Waals surface area contributed by atoms with Crippen molar-refractivity contribution in [1.82, 2.24) is 9.97 Å². The number of hydrogen-bond acceptors (Lipinski definition) is 3. The molecule has 0 saturated carbocycles. The molecule has 0 fully saturated rings. The molecule has 4 rings (SSSR count). The van der Waals surface area contributed by atoms with Crippen molar-refractivity contribution in [3.63, 3.8) is 0 Å². The zero-order valence-corrected chi connectivity index (χ0v) is 15.0. The molecule has 0 spiro atoms. The molecule has 2 aromatic heterocycles. The largest absolute Gasteiger partial charge is 0.382 e. The van der Waals surface area contributed by atoms with Crippen LogP contribution < -0.4 is 5.32 Å². The first-order valence-corrected chi connectivity index (χ1v) is 8.87. The third-order valence-corrected chi connectivity index (χ3v) is 4.36. The van der Waals surface area contributed by atoms with Crippen molar-refractivity contribution in [2.24, 2.45) is 0 Å².